The largest absolute Gasteiger partial charge is 0.251 e. The molecule has 1 heterocycles. The maximum absolute atomic E-state index is 4.84. The summed E-state index contributed by atoms with van der Waals surface area (Å²) in [5, 5.41) is 8.52. The van der Waals surface area contributed by atoms with Crippen LogP contribution in [0.4, 0.5) is 5.69 Å². The number of benzene rings is 2. The van der Waals surface area contributed by atoms with Crippen LogP contribution in [0.25, 0.3) is 0 Å². The van der Waals surface area contributed by atoms with Gasteiger partial charge in [0.15, 0.2) is 0 Å². The predicted octanol–water partition coefficient (Wildman–Crippen LogP) is 4.73. The van der Waals surface area contributed by atoms with E-state index in [1.54, 1.807) is 0 Å². The maximum Gasteiger partial charge on any atom is 0.126 e. The summed E-state index contributed by atoms with van der Waals surface area (Å²) in [4.78, 5) is 0. The van der Waals surface area contributed by atoms with Gasteiger partial charge in [0.25, 0.3) is 0 Å². The van der Waals surface area contributed by atoms with Gasteiger partial charge >= 0.3 is 0 Å². The van der Waals surface area contributed by atoms with Crippen molar-refractivity contribution in [1.29, 1.82) is 0 Å². The molecular formula is C17H18N2S. The minimum Gasteiger partial charge on any atom is -0.251 e. The second kappa shape index (κ2) is 6.14. The van der Waals surface area contributed by atoms with Gasteiger partial charge in [0, 0.05) is 5.56 Å². The van der Waals surface area contributed by atoms with Gasteiger partial charge in [-0.05, 0) is 18.6 Å². The van der Waals surface area contributed by atoms with Gasteiger partial charge in [-0.15, -0.1) is 0 Å². The van der Waals surface area contributed by atoms with E-state index in [0.717, 1.165) is 11.5 Å². The van der Waals surface area contributed by atoms with Gasteiger partial charge in [-0.2, -0.15) is 5.10 Å². The van der Waals surface area contributed by atoms with Crippen molar-refractivity contribution in [2.45, 2.75) is 25.1 Å². The molecular weight excluding hydrogens is 264 g/mol. The smallest absolute Gasteiger partial charge is 0.126 e. The standard InChI is InChI=1S/C17H18N2S/c1-2-9-16-19(15-12-7-4-8-13-15)18-17(20-16)14-10-5-3-6-11-14/h3-8,10-13,16H,2,9H2,1H3. The van der Waals surface area contributed by atoms with Crippen molar-refractivity contribution < 1.29 is 0 Å². The van der Waals surface area contributed by atoms with Crippen molar-refractivity contribution in [2.75, 3.05) is 5.01 Å². The van der Waals surface area contributed by atoms with E-state index in [4.69, 9.17) is 5.10 Å². The highest BCUT2D eigenvalue weighted by atomic mass is 32.2. The number of para-hydroxylation sites is 1. The third-order valence-electron chi connectivity index (χ3n) is 3.30. The fourth-order valence-electron chi connectivity index (χ4n) is 2.30. The average molecular weight is 282 g/mol. The molecule has 1 aliphatic rings. The molecule has 3 rings (SSSR count). The van der Waals surface area contributed by atoms with E-state index in [1.165, 1.54) is 17.7 Å². The van der Waals surface area contributed by atoms with Crippen LogP contribution in [0.3, 0.4) is 0 Å². The molecule has 0 aliphatic carbocycles. The molecule has 3 heteroatoms. The Morgan fingerprint density at radius 3 is 2.30 bits per heavy atom. The molecule has 2 aromatic rings. The van der Waals surface area contributed by atoms with E-state index in [2.05, 4.69) is 60.5 Å². The van der Waals surface area contributed by atoms with Crippen LogP contribution in [0.1, 0.15) is 25.3 Å². The lowest BCUT2D eigenvalue weighted by Crippen LogP contribution is -2.23. The molecule has 1 unspecified atom stereocenters. The fourth-order valence-corrected chi connectivity index (χ4v) is 3.59. The number of anilines is 1. The van der Waals surface area contributed by atoms with Gasteiger partial charge in [0.1, 0.15) is 10.4 Å². The van der Waals surface area contributed by atoms with Crippen LogP contribution in [0.2, 0.25) is 0 Å². The third kappa shape index (κ3) is 2.73. The summed E-state index contributed by atoms with van der Waals surface area (Å²) in [5.41, 5.74) is 2.38. The Kier molecular flexibility index (Phi) is 4.07. The zero-order chi connectivity index (χ0) is 13.8. The van der Waals surface area contributed by atoms with Crippen LogP contribution >= 0.6 is 11.8 Å². The first-order valence-corrected chi connectivity index (χ1v) is 7.91. The molecule has 1 aliphatic heterocycles. The van der Waals surface area contributed by atoms with Crippen molar-refractivity contribution >= 4 is 22.5 Å². The van der Waals surface area contributed by atoms with Crippen LogP contribution in [0.15, 0.2) is 65.8 Å². The van der Waals surface area contributed by atoms with E-state index in [-0.39, 0.29) is 0 Å². The molecule has 2 nitrogen and oxygen atoms in total. The average Bonchev–Trinajstić information content (AvgIpc) is 2.94. The lowest BCUT2D eigenvalue weighted by atomic mass is 10.2. The third-order valence-corrected chi connectivity index (χ3v) is 4.54. The Hall–Kier alpha value is -1.74. The minimum absolute atomic E-state index is 0.401. The molecule has 2 aromatic carbocycles. The summed E-state index contributed by atoms with van der Waals surface area (Å²) in [7, 11) is 0. The van der Waals surface area contributed by atoms with Gasteiger partial charge in [-0.3, -0.25) is 5.01 Å². The molecule has 0 saturated heterocycles. The van der Waals surface area contributed by atoms with E-state index in [1.807, 2.05) is 23.9 Å². The lowest BCUT2D eigenvalue weighted by molar-refractivity contribution is 0.708. The number of rotatable bonds is 4. The molecule has 0 radical (unpaired) electrons. The maximum atomic E-state index is 4.84. The number of thioether (sulfide) groups is 1. The van der Waals surface area contributed by atoms with E-state index >= 15 is 0 Å². The summed E-state index contributed by atoms with van der Waals surface area (Å²) in [6.07, 6.45) is 2.30. The molecule has 102 valence electrons. The summed E-state index contributed by atoms with van der Waals surface area (Å²) in [6.45, 7) is 2.23. The molecule has 20 heavy (non-hydrogen) atoms. The van der Waals surface area contributed by atoms with E-state index < -0.39 is 0 Å². The first-order chi connectivity index (χ1) is 9.88. The van der Waals surface area contributed by atoms with Crippen LogP contribution in [-0.4, -0.2) is 10.4 Å². The number of hydrogen-bond donors (Lipinski definition) is 0. The quantitative estimate of drug-likeness (QED) is 0.805. The number of hydrazone groups is 1. The van der Waals surface area contributed by atoms with Crippen molar-refractivity contribution in [1.82, 2.24) is 0 Å². The van der Waals surface area contributed by atoms with Gasteiger partial charge in [-0.25, -0.2) is 0 Å². The van der Waals surface area contributed by atoms with Crippen LogP contribution in [0, 0.1) is 0 Å². The van der Waals surface area contributed by atoms with Crippen molar-refractivity contribution in [3.8, 4) is 0 Å². The summed E-state index contributed by atoms with van der Waals surface area (Å²) >= 11 is 1.87. The summed E-state index contributed by atoms with van der Waals surface area (Å²) in [6, 6.07) is 20.9. The highest BCUT2D eigenvalue weighted by molar-refractivity contribution is 8.15. The second-order valence-electron chi connectivity index (χ2n) is 4.81. The van der Waals surface area contributed by atoms with Crippen molar-refractivity contribution in [3.63, 3.8) is 0 Å². The van der Waals surface area contributed by atoms with Crippen LogP contribution in [-0.2, 0) is 0 Å². The van der Waals surface area contributed by atoms with Crippen molar-refractivity contribution in [2.24, 2.45) is 5.10 Å². The number of hydrogen-bond acceptors (Lipinski definition) is 3. The van der Waals surface area contributed by atoms with Crippen LogP contribution in [0.5, 0.6) is 0 Å². The van der Waals surface area contributed by atoms with Gasteiger partial charge in [-0.1, -0.05) is 73.6 Å². The van der Waals surface area contributed by atoms with Gasteiger partial charge in [0.2, 0.25) is 0 Å². The Balaban J connectivity index is 1.91. The van der Waals surface area contributed by atoms with E-state index in [9.17, 15) is 0 Å². The molecule has 0 N–H and O–H groups in total. The first-order valence-electron chi connectivity index (χ1n) is 7.03. The monoisotopic (exact) mass is 282 g/mol. The molecule has 0 amide bonds. The molecule has 0 fully saturated rings. The second-order valence-corrected chi connectivity index (χ2v) is 5.98. The van der Waals surface area contributed by atoms with Gasteiger partial charge in [0.05, 0.1) is 5.69 Å². The Labute approximate surface area is 124 Å². The molecule has 0 spiro atoms. The summed E-state index contributed by atoms with van der Waals surface area (Å²) < 4.78 is 0. The predicted molar refractivity (Wildman–Crippen MR) is 88.2 cm³/mol. The topological polar surface area (TPSA) is 15.6 Å². The number of nitrogens with zero attached hydrogens (tertiary/aromatic N) is 2. The van der Waals surface area contributed by atoms with Crippen LogP contribution < -0.4 is 5.01 Å². The Morgan fingerprint density at radius 2 is 1.65 bits per heavy atom. The molecule has 1 atom stereocenters. The lowest BCUT2D eigenvalue weighted by Gasteiger charge is -2.21. The highest BCUT2D eigenvalue weighted by Crippen LogP contribution is 2.35. The van der Waals surface area contributed by atoms with E-state index in [0.29, 0.717) is 5.37 Å². The Bertz CT molecular complexity index is 580. The van der Waals surface area contributed by atoms with Crippen molar-refractivity contribution in [3.05, 3.63) is 66.2 Å². The minimum atomic E-state index is 0.401. The zero-order valence-electron chi connectivity index (χ0n) is 11.6. The summed E-state index contributed by atoms with van der Waals surface area (Å²) in [5.74, 6) is 0. The first kappa shape index (κ1) is 13.3. The zero-order valence-corrected chi connectivity index (χ0v) is 12.4. The van der Waals surface area contributed by atoms with Gasteiger partial charge < -0.3 is 0 Å². The highest BCUT2D eigenvalue weighted by Gasteiger charge is 2.28. The molecule has 0 saturated carbocycles. The SMILES string of the molecule is CCCC1SC(c2ccccc2)=NN1c1ccccc1. The molecule has 0 aromatic heterocycles. The Morgan fingerprint density at radius 1 is 1.00 bits per heavy atom. The molecule has 0 bridgehead atoms. The fraction of sp³-hybridized carbons (Fsp3) is 0.235. The normalized spacial score (nSPS) is 18.1.